The van der Waals surface area contributed by atoms with Crippen molar-refractivity contribution in [3.8, 4) is 17.2 Å². The SMILES string of the molecule is COc1cc(C(=O)N(C)c2ccc(Br)cc2Cl)cc(OC)c1OC. The fourth-order valence-electron chi connectivity index (χ4n) is 2.26. The van der Waals surface area contributed by atoms with Crippen molar-refractivity contribution in [2.75, 3.05) is 33.3 Å². The van der Waals surface area contributed by atoms with E-state index in [1.807, 2.05) is 6.07 Å². The van der Waals surface area contributed by atoms with E-state index in [2.05, 4.69) is 15.9 Å². The zero-order valence-electron chi connectivity index (χ0n) is 13.7. The van der Waals surface area contributed by atoms with Crippen LogP contribution in [0.5, 0.6) is 17.2 Å². The Labute approximate surface area is 154 Å². The summed E-state index contributed by atoms with van der Waals surface area (Å²) >= 11 is 9.57. The highest BCUT2D eigenvalue weighted by Gasteiger charge is 2.21. The maximum Gasteiger partial charge on any atom is 0.258 e. The number of ether oxygens (including phenoxy) is 3. The molecule has 0 aliphatic carbocycles. The lowest BCUT2D eigenvalue weighted by Crippen LogP contribution is -2.26. The van der Waals surface area contributed by atoms with Crippen molar-refractivity contribution in [1.29, 1.82) is 0 Å². The van der Waals surface area contributed by atoms with Crippen LogP contribution in [0.4, 0.5) is 5.69 Å². The predicted octanol–water partition coefficient (Wildman–Crippen LogP) is 4.40. The molecular formula is C17H17BrClNO4. The summed E-state index contributed by atoms with van der Waals surface area (Å²) in [5.41, 5.74) is 0.990. The minimum Gasteiger partial charge on any atom is -0.493 e. The molecule has 128 valence electrons. The van der Waals surface area contributed by atoms with E-state index in [-0.39, 0.29) is 5.91 Å². The second-order valence-electron chi connectivity index (χ2n) is 4.87. The molecular weight excluding hydrogens is 398 g/mol. The van der Waals surface area contributed by atoms with Gasteiger partial charge in [-0.25, -0.2) is 0 Å². The summed E-state index contributed by atoms with van der Waals surface area (Å²) in [5, 5.41) is 0.465. The summed E-state index contributed by atoms with van der Waals surface area (Å²) in [6.07, 6.45) is 0. The van der Waals surface area contributed by atoms with Gasteiger partial charge in [-0.15, -0.1) is 0 Å². The number of hydrogen-bond acceptors (Lipinski definition) is 4. The number of nitrogens with zero attached hydrogens (tertiary/aromatic N) is 1. The maximum absolute atomic E-state index is 12.8. The van der Waals surface area contributed by atoms with Crippen LogP contribution in [-0.4, -0.2) is 34.3 Å². The van der Waals surface area contributed by atoms with E-state index in [4.69, 9.17) is 25.8 Å². The zero-order valence-corrected chi connectivity index (χ0v) is 16.1. The van der Waals surface area contributed by atoms with Crippen LogP contribution in [-0.2, 0) is 0 Å². The first-order valence-electron chi connectivity index (χ1n) is 6.96. The van der Waals surface area contributed by atoms with Crippen molar-refractivity contribution in [2.45, 2.75) is 0 Å². The summed E-state index contributed by atoms with van der Waals surface area (Å²) in [6, 6.07) is 8.53. The quantitative estimate of drug-likeness (QED) is 0.727. The molecule has 1 amide bonds. The van der Waals surface area contributed by atoms with Crippen LogP contribution in [0, 0.1) is 0 Å². The molecule has 0 aromatic heterocycles. The second kappa shape index (κ2) is 7.77. The standard InChI is InChI=1S/C17H17BrClNO4/c1-20(13-6-5-11(18)9-12(13)19)17(21)10-7-14(22-2)16(24-4)15(8-10)23-3/h5-9H,1-4H3. The van der Waals surface area contributed by atoms with Crippen LogP contribution in [0.1, 0.15) is 10.4 Å². The van der Waals surface area contributed by atoms with Crippen LogP contribution < -0.4 is 19.1 Å². The van der Waals surface area contributed by atoms with Crippen molar-refractivity contribution in [3.05, 3.63) is 45.4 Å². The lowest BCUT2D eigenvalue weighted by atomic mass is 10.1. The number of amides is 1. The molecule has 0 aliphatic heterocycles. The van der Waals surface area contributed by atoms with Gasteiger partial charge in [-0.1, -0.05) is 27.5 Å². The van der Waals surface area contributed by atoms with Gasteiger partial charge in [0.2, 0.25) is 5.75 Å². The van der Waals surface area contributed by atoms with Crippen molar-refractivity contribution in [3.63, 3.8) is 0 Å². The number of halogens is 2. The Morgan fingerprint density at radius 2 is 1.62 bits per heavy atom. The normalized spacial score (nSPS) is 10.2. The highest BCUT2D eigenvalue weighted by molar-refractivity contribution is 9.10. The third-order valence-corrected chi connectivity index (χ3v) is 4.28. The highest BCUT2D eigenvalue weighted by atomic mass is 79.9. The Kier molecular flexibility index (Phi) is 5.96. The molecule has 2 aromatic carbocycles. The third-order valence-electron chi connectivity index (χ3n) is 3.49. The van der Waals surface area contributed by atoms with Crippen LogP contribution in [0.15, 0.2) is 34.8 Å². The largest absolute Gasteiger partial charge is 0.493 e. The lowest BCUT2D eigenvalue weighted by molar-refractivity contribution is 0.0992. The topological polar surface area (TPSA) is 48.0 Å². The van der Waals surface area contributed by atoms with E-state index in [0.717, 1.165) is 4.47 Å². The molecule has 7 heteroatoms. The van der Waals surface area contributed by atoms with Gasteiger partial charge in [-0.05, 0) is 30.3 Å². The second-order valence-corrected chi connectivity index (χ2v) is 6.20. The predicted molar refractivity (Wildman–Crippen MR) is 98.0 cm³/mol. The summed E-state index contributed by atoms with van der Waals surface area (Å²) in [7, 11) is 6.16. The molecule has 0 N–H and O–H groups in total. The number of carbonyl (C=O) groups excluding carboxylic acids is 1. The van der Waals surface area contributed by atoms with Crippen LogP contribution >= 0.6 is 27.5 Å². The Balaban J connectivity index is 2.45. The van der Waals surface area contributed by atoms with Gasteiger partial charge in [0.05, 0.1) is 32.0 Å². The van der Waals surface area contributed by atoms with Crippen molar-refractivity contribution in [2.24, 2.45) is 0 Å². The monoisotopic (exact) mass is 413 g/mol. The molecule has 0 saturated heterocycles. The molecule has 5 nitrogen and oxygen atoms in total. The minimum atomic E-state index is -0.251. The van der Waals surface area contributed by atoms with Gasteiger partial charge in [0.1, 0.15) is 0 Å². The van der Waals surface area contributed by atoms with Gasteiger partial charge in [0, 0.05) is 17.1 Å². The Morgan fingerprint density at radius 3 is 2.08 bits per heavy atom. The Bertz CT molecular complexity index is 741. The van der Waals surface area contributed by atoms with Gasteiger partial charge in [0.25, 0.3) is 5.91 Å². The van der Waals surface area contributed by atoms with Crippen molar-refractivity contribution < 1.29 is 19.0 Å². The average molecular weight is 415 g/mol. The van der Waals surface area contributed by atoms with E-state index in [1.54, 1.807) is 31.3 Å². The molecule has 0 unspecified atom stereocenters. The Hall–Kier alpha value is -1.92. The molecule has 2 aromatic rings. The van der Waals surface area contributed by atoms with E-state index >= 15 is 0 Å². The van der Waals surface area contributed by atoms with Crippen molar-refractivity contribution in [1.82, 2.24) is 0 Å². The molecule has 0 bridgehead atoms. The summed E-state index contributed by atoms with van der Waals surface area (Å²) in [5.74, 6) is 1.00. The first-order valence-corrected chi connectivity index (χ1v) is 8.13. The number of methoxy groups -OCH3 is 3. The van der Waals surface area contributed by atoms with Gasteiger partial charge >= 0.3 is 0 Å². The van der Waals surface area contributed by atoms with Gasteiger partial charge in [-0.3, -0.25) is 4.79 Å². The summed E-state index contributed by atoms with van der Waals surface area (Å²) < 4.78 is 16.7. The lowest BCUT2D eigenvalue weighted by Gasteiger charge is -2.20. The summed E-state index contributed by atoms with van der Waals surface area (Å²) in [4.78, 5) is 14.3. The van der Waals surface area contributed by atoms with Gasteiger partial charge in [0.15, 0.2) is 11.5 Å². The summed E-state index contributed by atoms with van der Waals surface area (Å²) in [6.45, 7) is 0. The molecule has 0 spiro atoms. The Morgan fingerprint density at radius 1 is 1.04 bits per heavy atom. The molecule has 0 aliphatic rings. The number of carbonyl (C=O) groups is 1. The van der Waals surface area contributed by atoms with Gasteiger partial charge < -0.3 is 19.1 Å². The number of hydrogen-bond donors (Lipinski definition) is 0. The average Bonchev–Trinajstić information content (AvgIpc) is 2.59. The fourth-order valence-corrected chi connectivity index (χ4v) is 3.06. The molecule has 0 heterocycles. The molecule has 0 radical (unpaired) electrons. The van der Waals surface area contributed by atoms with Crippen molar-refractivity contribution >= 4 is 39.1 Å². The highest BCUT2D eigenvalue weighted by Crippen LogP contribution is 2.39. The fraction of sp³-hybridized carbons (Fsp3) is 0.235. The molecule has 0 atom stereocenters. The smallest absolute Gasteiger partial charge is 0.258 e. The van der Waals surface area contributed by atoms with E-state index in [9.17, 15) is 4.79 Å². The number of rotatable bonds is 5. The first-order chi connectivity index (χ1) is 11.4. The molecule has 0 fully saturated rings. The first kappa shape index (κ1) is 18.4. The molecule has 24 heavy (non-hydrogen) atoms. The maximum atomic E-state index is 12.8. The van der Waals surface area contributed by atoms with Crippen LogP contribution in [0.2, 0.25) is 5.02 Å². The van der Waals surface area contributed by atoms with Crippen LogP contribution in [0.3, 0.4) is 0 Å². The van der Waals surface area contributed by atoms with E-state index in [1.165, 1.54) is 26.2 Å². The number of anilines is 1. The molecule has 2 rings (SSSR count). The van der Waals surface area contributed by atoms with E-state index < -0.39 is 0 Å². The third kappa shape index (κ3) is 3.60. The van der Waals surface area contributed by atoms with Gasteiger partial charge in [-0.2, -0.15) is 0 Å². The minimum absolute atomic E-state index is 0.251. The van der Waals surface area contributed by atoms with Crippen LogP contribution in [0.25, 0.3) is 0 Å². The zero-order chi connectivity index (χ0) is 17.9. The molecule has 0 saturated carbocycles. The number of benzene rings is 2. The van der Waals surface area contributed by atoms with E-state index in [0.29, 0.717) is 33.5 Å².